The van der Waals surface area contributed by atoms with Crippen LogP contribution >= 0.6 is 24.0 Å². The van der Waals surface area contributed by atoms with Crippen LogP contribution in [0.4, 0.5) is 0 Å². The smallest absolute Gasteiger partial charge is 0.194 e. The molecule has 0 saturated heterocycles. The van der Waals surface area contributed by atoms with Gasteiger partial charge in [-0.15, -0.1) is 34.2 Å². The molecule has 180 valence electrons. The Morgan fingerprint density at radius 1 is 1.09 bits per heavy atom. The van der Waals surface area contributed by atoms with Gasteiger partial charge < -0.3 is 19.5 Å². The number of aromatic nitrogens is 3. The van der Waals surface area contributed by atoms with Crippen LogP contribution in [-0.2, 0) is 20.0 Å². The van der Waals surface area contributed by atoms with Crippen molar-refractivity contribution in [2.75, 3.05) is 26.7 Å². The number of hydrogen-bond donors (Lipinski definition) is 1. The molecule has 2 aromatic carbocycles. The van der Waals surface area contributed by atoms with Gasteiger partial charge in [-0.25, -0.2) is 4.99 Å². The van der Waals surface area contributed by atoms with Gasteiger partial charge in [0.25, 0.3) is 0 Å². The topological polar surface area (TPSA) is 67.6 Å². The maximum absolute atomic E-state index is 5.26. The van der Waals surface area contributed by atoms with E-state index in [0.717, 1.165) is 55.8 Å². The van der Waals surface area contributed by atoms with Crippen LogP contribution < -0.4 is 10.1 Å². The maximum Gasteiger partial charge on any atom is 0.194 e. The molecule has 0 atom stereocenters. The second kappa shape index (κ2) is 12.5. The van der Waals surface area contributed by atoms with Crippen molar-refractivity contribution in [2.45, 2.75) is 26.3 Å². The van der Waals surface area contributed by atoms with Gasteiger partial charge in [-0.1, -0.05) is 48.5 Å². The number of nitrogens with one attached hydrogen (secondary N) is 1. The average molecular weight is 572 g/mol. The minimum Gasteiger partial charge on any atom is -0.497 e. The van der Waals surface area contributed by atoms with E-state index in [0.29, 0.717) is 6.54 Å². The molecule has 0 bridgehead atoms. The lowest BCUT2D eigenvalue weighted by atomic mass is 10.00. The Labute approximate surface area is 219 Å². The molecular formula is C26H33IN6O. The molecule has 7 nitrogen and oxygen atoms in total. The molecular weight excluding hydrogens is 539 g/mol. The predicted molar refractivity (Wildman–Crippen MR) is 148 cm³/mol. The van der Waals surface area contributed by atoms with Crippen molar-refractivity contribution in [3.8, 4) is 5.75 Å². The Bertz CT molecular complexity index is 1110. The molecule has 1 aliphatic heterocycles. The van der Waals surface area contributed by atoms with Crippen LogP contribution in [0.25, 0.3) is 5.57 Å². The molecule has 8 heteroatoms. The van der Waals surface area contributed by atoms with Gasteiger partial charge in [0.05, 0.1) is 7.11 Å². The van der Waals surface area contributed by atoms with Crippen LogP contribution in [0, 0.1) is 6.92 Å². The summed E-state index contributed by atoms with van der Waals surface area (Å²) in [6, 6.07) is 18.8. The summed E-state index contributed by atoms with van der Waals surface area (Å²) in [5, 5.41) is 12.0. The molecule has 0 spiro atoms. The highest BCUT2D eigenvalue weighted by Gasteiger charge is 2.17. The Hall–Kier alpha value is -2.88. The zero-order chi connectivity index (χ0) is 23.0. The van der Waals surface area contributed by atoms with Crippen LogP contribution in [0.2, 0.25) is 0 Å². The number of guanidine groups is 1. The van der Waals surface area contributed by atoms with Gasteiger partial charge in [0.2, 0.25) is 0 Å². The van der Waals surface area contributed by atoms with Gasteiger partial charge in [-0.3, -0.25) is 0 Å². The first kappa shape index (κ1) is 25.7. The summed E-state index contributed by atoms with van der Waals surface area (Å²) in [6.45, 7) is 5.00. The van der Waals surface area contributed by atoms with Crippen LogP contribution in [0.3, 0.4) is 0 Å². The molecule has 0 unspecified atom stereocenters. The van der Waals surface area contributed by atoms with Gasteiger partial charge >= 0.3 is 0 Å². The van der Waals surface area contributed by atoms with Crippen molar-refractivity contribution in [1.29, 1.82) is 0 Å². The fourth-order valence-corrected chi connectivity index (χ4v) is 3.89. The molecule has 0 fully saturated rings. The van der Waals surface area contributed by atoms with Crippen molar-refractivity contribution in [3.63, 3.8) is 0 Å². The standard InChI is InChI=1S/C26H32N6O.HI/c1-20-29-30-25(31(20)2)19-28-26(27-16-13-21-9-11-24(33-3)12-10-21)32-17-14-23(15-18-32)22-7-5-4-6-8-22;/h4-12,14H,13,15-19H2,1-3H3,(H,27,28);1H. The molecule has 2 heterocycles. The van der Waals surface area contributed by atoms with Crippen LogP contribution in [-0.4, -0.2) is 52.4 Å². The minimum absolute atomic E-state index is 0. The van der Waals surface area contributed by atoms with E-state index in [9.17, 15) is 0 Å². The summed E-state index contributed by atoms with van der Waals surface area (Å²) in [6.07, 6.45) is 4.21. The van der Waals surface area contributed by atoms with E-state index in [2.05, 4.69) is 69.0 Å². The lowest BCUT2D eigenvalue weighted by molar-refractivity contribution is 0.414. The molecule has 34 heavy (non-hydrogen) atoms. The van der Waals surface area contributed by atoms with E-state index in [1.54, 1.807) is 7.11 Å². The number of aryl methyl sites for hydroxylation is 1. The fourth-order valence-electron chi connectivity index (χ4n) is 3.89. The molecule has 0 amide bonds. The highest BCUT2D eigenvalue weighted by atomic mass is 127. The lowest BCUT2D eigenvalue weighted by Crippen LogP contribution is -2.44. The quantitative estimate of drug-likeness (QED) is 0.261. The zero-order valence-electron chi connectivity index (χ0n) is 20.1. The Morgan fingerprint density at radius 3 is 2.47 bits per heavy atom. The number of hydrogen-bond acceptors (Lipinski definition) is 4. The van der Waals surface area contributed by atoms with E-state index >= 15 is 0 Å². The zero-order valence-corrected chi connectivity index (χ0v) is 22.4. The fraction of sp³-hybridized carbons (Fsp3) is 0.346. The summed E-state index contributed by atoms with van der Waals surface area (Å²) in [4.78, 5) is 7.22. The molecule has 1 aliphatic rings. The first-order valence-corrected chi connectivity index (χ1v) is 11.4. The third-order valence-electron chi connectivity index (χ3n) is 6.06. The number of rotatable bonds is 7. The number of benzene rings is 2. The predicted octanol–water partition coefficient (Wildman–Crippen LogP) is 4.23. The average Bonchev–Trinajstić information content (AvgIpc) is 3.19. The van der Waals surface area contributed by atoms with Gasteiger partial charge in [-0.05, 0) is 48.6 Å². The molecule has 0 aliphatic carbocycles. The van der Waals surface area contributed by atoms with Crippen molar-refractivity contribution in [1.82, 2.24) is 25.0 Å². The largest absolute Gasteiger partial charge is 0.497 e. The summed E-state index contributed by atoms with van der Waals surface area (Å²) in [5.41, 5.74) is 3.96. The second-order valence-electron chi connectivity index (χ2n) is 8.18. The van der Waals surface area contributed by atoms with Crippen molar-refractivity contribution in [2.24, 2.45) is 12.0 Å². The van der Waals surface area contributed by atoms with Crippen molar-refractivity contribution < 1.29 is 4.74 Å². The molecule has 1 N–H and O–H groups in total. The van der Waals surface area contributed by atoms with Crippen LogP contribution in [0.5, 0.6) is 5.75 Å². The summed E-state index contributed by atoms with van der Waals surface area (Å²) >= 11 is 0. The molecule has 3 aromatic rings. The normalized spacial score (nSPS) is 13.8. The van der Waals surface area contributed by atoms with Crippen molar-refractivity contribution >= 4 is 35.5 Å². The van der Waals surface area contributed by atoms with Crippen LogP contribution in [0.1, 0.15) is 29.2 Å². The SMILES string of the molecule is COc1ccc(CCNC(=NCc2nnc(C)n2C)N2CC=C(c3ccccc3)CC2)cc1.I. The first-order chi connectivity index (χ1) is 16.1. The number of ether oxygens (including phenoxy) is 1. The monoisotopic (exact) mass is 572 g/mol. The lowest BCUT2D eigenvalue weighted by Gasteiger charge is -2.30. The Morgan fingerprint density at radius 2 is 1.85 bits per heavy atom. The number of halogens is 1. The highest BCUT2D eigenvalue weighted by Crippen LogP contribution is 2.22. The molecule has 0 radical (unpaired) electrons. The second-order valence-corrected chi connectivity index (χ2v) is 8.18. The third-order valence-corrected chi connectivity index (χ3v) is 6.06. The number of aliphatic imine (C=N–C) groups is 1. The van der Waals surface area contributed by atoms with Gasteiger partial charge in [0.15, 0.2) is 11.8 Å². The minimum atomic E-state index is 0. The van der Waals surface area contributed by atoms with E-state index in [-0.39, 0.29) is 24.0 Å². The van der Waals surface area contributed by atoms with Gasteiger partial charge in [-0.2, -0.15) is 0 Å². The molecule has 4 rings (SSSR count). The number of nitrogens with zero attached hydrogens (tertiary/aromatic N) is 5. The van der Waals surface area contributed by atoms with Gasteiger partial charge in [0.1, 0.15) is 18.1 Å². The molecule has 1 aromatic heterocycles. The highest BCUT2D eigenvalue weighted by molar-refractivity contribution is 14.0. The summed E-state index contributed by atoms with van der Waals surface area (Å²) in [7, 11) is 3.67. The van der Waals surface area contributed by atoms with Gasteiger partial charge in [0, 0.05) is 26.7 Å². The van der Waals surface area contributed by atoms with Crippen LogP contribution in [0.15, 0.2) is 65.7 Å². The van der Waals surface area contributed by atoms with E-state index in [1.165, 1.54) is 16.7 Å². The molecule has 0 saturated carbocycles. The van der Waals surface area contributed by atoms with E-state index in [4.69, 9.17) is 9.73 Å². The first-order valence-electron chi connectivity index (χ1n) is 11.4. The van der Waals surface area contributed by atoms with Crippen molar-refractivity contribution in [3.05, 3.63) is 83.4 Å². The third kappa shape index (κ3) is 6.59. The Kier molecular flexibility index (Phi) is 9.50. The summed E-state index contributed by atoms with van der Waals surface area (Å²) in [5.74, 6) is 3.54. The van der Waals surface area contributed by atoms with E-state index < -0.39 is 0 Å². The Balaban J connectivity index is 0.00000324. The number of methoxy groups -OCH3 is 1. The summed E-state index contributed by atoms with van der Waals surface area (Å²) < 4.78 is 7.25. The van der Waals surface area contributed by atoms with E-state index in [1.807, 2.05) is 30.7 Å². The maximum atomic E-state index is 5.26.